The monoisotopic (exact) mass is 514 g/mol. The van der Waals surface area contributed by atoms with Crippen LogP contribution in [0.1, 0.15) is 36.4 Å². The standard InChI is InChI=1S/C28H23F5N2O2/c29-22-4-3-5-23(30)25(22)24-16-21(27(36)35-14-1-2-15-35)26(34-24)19-8-6-17(7-9-19)18-10-12-20(13-11-18)37-28(31,32)33/h3-13,21,26H,1-2,14-16H2/t21-,26?/m0/s1. The fourth-order valence-corrected chi connectivity index (χ4v) is 4.99. The van der Waals surface area contributed by atoms with Gasteiger partial charge in [0.1, 0.15) is 17.4 Å². The second kappa shape index (κ2) is 9.95. The number of rotatable bonds is 5. The van der Waals surface area contributed by atoms with Gasteiger partial charge in [0.05, 0.1) is 17.5 Å². The first-order valence-corrected chi connectivity index (χ1v) is 12.0. The van der Waals surface area contributed by atoms with Crippen molar-refractivity contribution in [2.45, 2.75) is 31.7 Å². The number of alkyl halides is 3. The molecule has 2 heterocycles. The van der Waals surface area contributed by atoms with Crippen molar-refractivity contribution in [2.24, 2.45) is 10.9 Å². The summed E-state index contributed by atoms with van der Waals surface area (Å²) in [6, 6.07) is 15.7. The van der Waals surface area contributed by atoms with Crippen LogP contribution in [0.4, 0.5) is 22.0 Å². The summed E-state index contributed by atoms with van der Waals surface area (Å²) in [4.78, 5) is 19.8. The maximum absolute atomic E-state index is 14.5. The van der Waals surface area contributed by atoms with Crippen LogP contribution in [-0.2, 0) is 4.79 Å². The molecule has 0 aromatic heterocycles. The molecular weight excluding hydrogens is 491 g/mol. The molecule has 3 aromatic rings. The van der Waals surface area contributed by atoms with Gasteiger partial charge < -0.3 is 9.64 Å². The third-order valence-electron chi connectivity index (χ3n) is 6.75. The zero-order valence-electron chi connectivity index (χ0n) is 19.6. The maximum atomic E-state index is 14.5. The zero-order chi connectivity index (χ0) is 26.2. The van der Waals surface area contributed by atoms with Crippen molar-refractivity contribution in [3.63, 3.8) is 0 Å². The molecule has 192 valence electrons. The number of amides is 1. The highest BCUT2D eigenvalue weighted by molar-refractivity contribution is 6.05. The van der Waals surface area contributed by atoms with Crippen LogP contribution in [0.15, 0.2) is 71.7 Å². The third-order valence-corrected chi connectivity index (χ3v) is 6.75. The fourth-order valence-electron chi connectivity index (χ4n) is 4.99. The Morgan fingerprint density at radius 1 is 0.865 bits per heavy atom. The van der Waals surface area contributed by atoms with Crippen molar-refractivity contribution >= 4 is 11.6 Å². The van der Waals surface area contributed by atoms with Crippen LogP contribution in [0.3, 0.4) is 0 Å². The van der Waals surface area contributed by atoms with Crippen LogP contribution in [0.2, 0.25) is 0 Å². The second-order valence-corrected chi connectivity index (χ2v) is 9.15. The van der Waals surface area contributed by atoms with Crippen LogP contribution in [0.25, 0.3) is 11.1 Å². The van der Waals surface area contributed by atoms with E-state index < -0.39 is 30.0 Å². The van der Waals surface area contributed by atoms with E-state index >= 15 is 0 Å². The number of nitrogens with zero attached hydrogens (tertiary/aromatic N) is 2. The van der Waals surface area contributed by atoms with Crippen LogP contribution in [0.5, 0.6) is 5.75 Å². The molecule has 2 aliphatic rings. The highest BCUT2D eigenvalue weighted by atomic mass is 19.4. The Labute approximate surface area is 210 Å². The lowest BCUT2D eigenvalue weighted by atomic mass is 9.89. The molecule has 1 amide bonds. The van der Waals surface area contributed by atoms with Gasteiger partial charge in [0, 0.05) is 25.2 Å². The third kappa shape index (κ3) is 5.35. The van der Waals surface area contributed by atoms with E-state index in [1.54, 1.807) is 29.2 Å². The van der Waals surface area contributed by atoms with Gasteiger partial charge in [-0.2, -0.15) is 0 Å². The number of likely N-dealkylation sites (tertiary alicyclic amines) is 1. The molecule has 2 atom stereocenters. The summed E-state index contributed by atoms with van der Waals surface area (Å²) in [7, 11) is 0. The summed E-state index contributed by atoms with van der Waals surface area (Å²) in [5.74, 6) is -2.43. The first kappa shape index (κ1) is 24.9. The molecule has 0 N–H and O–H groups in total. The van der Waals surface area contributed by atoms with Gasteiger partial charge >= 0.3 is 6.36 Å². The van der Waals surface area contributed by atoms with Gasteiger partial charge in [-0.1, -0.05) is 42.5 Å². The Kier molecular flexibility index (Phi) is 6.70. The average Bonchev–Trinajstić information content (AvgIpc) is 3.54. The number of ether oxygens (including phenoxy) is 1. The molecule has 0 aliphatic carbocycles. The normalized spacial score (nSPS) is 19.7. The number of benzene rings is 3. The fraction of sp³-hybridized carbons (Fsp3) is 0.286. The van der Waals surface area contributed by atoms with Crippen molar-refractivity contribution < 1.29 is 31.5 Å². The number of aliphatic imine (C=N–C) groups is 1. The predicted octanol–water partition coefficient (Wildman–Crippen LogP) is 6.70. The largest absolute Gasteiger partial charge is 0.573 e. The molecule has 5 rings (SSSR count). The lowest BCUT2D eigenvalue weighted by Crippen LogP contribution is -2.35. The lowest BCUT2D eigenvalue weighted by Gasteiger charge is -2.24. The molecule has 4 nitrogen and oxygen atoms in total. The first-order chi connectivity index (χ1) is 17.7. The van der Waals surface area contributed by atoms with Crippen LogP contribution >= 0.6 is 0 Å². The molecule has 0 radical (unpaired) electrons. The number of halogens is 5. The molecule has 1 unspecified atom stereocenters. The Morgan fingerprint density at radius 2 is 1.43 bits per heavy atom. The van der Waals surface area contributed by atoms with Gasteiger partial charge in [-0.15, -0.1) is 13.2 Å². The van der Waals surface area contributed by atoms with Crippen molar-refractivity contribution in [2.75, 3.05) is 13.1 Å². The van der Waals surface area contributed by atoms with E-state index in [2.05, 4.69) is 9.73 Å². The van der Waals surface area contributed by atoms with E-state index in [9.17, 15) is 26.7 Å². The topological polar surface area (TPSA) is 41.9 Å². The summed E-state index contributed by atoms with van der Waals surface area (Å²) >= 11 is 0. The van der Waals surface area contributed by atoms with E-state index in [4.69, 9.17) is 0 Å². The predicted molar refractivity (Wildman–Crippen MR) is 128 cm³/mol. The quantitative estimate of drug-likeness (QED) is 0.356. The highest BCUT2D eigenvalue weighted by Gasteiger charge is 2.40. The Hall–Kier alpha value is -3.75. The lowest BCUT2D eigenvalue weighted by molar-refractivity contribution is -0.274. The molecule has 0 saturated carbocycles. The minimum atomic E-state index is -4.77. The number of hydrogen-bond donors (Lipinski definition) is 0. The minimum absolute atomic E-state index is 0.0812. The maximum Gasteiger partial charge on any atom is 0.573 e. The molecule has 1 fully saturated rings. The molecule has 3 aromatic carbocycles. The summed E-state index contributed by atoms with van der Waals surface area (Å²) in [5.41, 5.74) is 2.15. The average molecular weight is 514 g/mol. The van der Waals surface area contributed by atoms with E-state index in [0.29, 0.717) is 24.2 Å². The van der Waals surface area contributed by atoms with E-state index in [0.717, 1.165) is 18.4 Å². The summed E-state index contributed by atoms with van der Waals surface area (Å²) in [5, 5.41) is 0. The highest BCUT2D eigenvalue weighted by Crippen LogP contribution is 2.40. The zero-order valence-corrected chi connectivity index (χ0v) is 19.6. The van der Waals surface area contributed by atoms with Crippen LogP contribution in [-0.4, -0.2) is 36.0 Å². The number of carbonyl (C=O) groups excluding carboxylic acids is 1. The van der Waals surface area contributed by atoms with Crippen molar-refractivity contribution in [3.8, 4) is 16.9 Å². The molecule has 2 aliphatic heterocycles. The van der Waals surface area contributed by atoms with Gasteiger partial charge in [0.25, 0.3) is 0 Å². The molecule has 1 saturated heterocycles. The minimum Gasteiger partial charge on any atom is -0.406 e. The van der Waals surface area contributed by atoms with Gasteiger partial charge in [0.2, 0.25) is 5.91 Å². The number of hydrogen-bond acceptors (Lipinski definition) is 3. The second-order valence-electron chi connectivity index (χ2n) is 9.15. The molecule has 37 heavy (non-hydrogen) atoms. The molecule has 0 bridgehead atoms. The summed E-state index contributed by atoms with van der Waals surface area (Å²) in [6.45, 7) is 1.30. The Bertz CT molecular complexity index is 1290. The Balaban J connectivity index is 1.43. The van der Waals surface area contributed by atoms with E-state index in [1.165, 1.54) is 42.5 Å². The van der Waals surface area contributed by atoms with Crippen LogP contribution < -0.4 is 4.74 Å². The summed E-state index contributed by atoms with van der Waals surface area (Å²) in [6.07, 6.45) is -2.81. The Morgan fingerprint density at radius 3 is 2.00 bits per heavy atom. The van der Waals surface area contributed by atoms with Gasteiger partial charge in [-0.3, -0.25) is 9.79 Å². The smallest absolute Gasteiger partial charge is 0.406 e. The molecular formula is C28H23F5N2O2. The van der Waals surface area contributed by atoms with Crippen molar-refractivity contribution in [1.29, 1.82) is 0 Å². The van der Waals surface area contributed by atoms with E-state index in [-0.39, 0.29) is 29.4 Å². The van der Waals surface area contributed by atoms with Crippen LogP contribution in [0, 0.1) is 17.6 Å². The van der Waals surface area contributed by atoms with Gasteiger partial charge in [0.15, 0.2) is 0 Å². The number of carbonyl (C=O) groups is 1. The van der Waals surface area contributed by atoms with Crippen molar-refractivity contribution in [1.82, 2.24) is 4.90 Å². The molecule has 9 heteroatoms. The van der Waals surface area contributed by atoms with E-state index in [1.807, 2.05) is 0 Å². The summed E-state index contributed by atoms with van der Waals surface area (Å²) < 4.78 is 70.3. The van der Waals surface area contributed by atoms with Gasteiger partial charge in [-0.05, 0) is 53.8 Å². The van der Waals surface area contributed by atoms with Crippen molar-refractivity contribution in [3.05, 3.63) is 89.5 Å². The SMILES string of the molecule is O=C([C@H]1CC(c2c(F)cccc2F)=NC1c1ccc(-c2ccc(OC(F)(F)F)cc2)cc1)N1CCCC1. The molecule has 0 spiro atoms. The first-order valence-electron chi connectivity index (χ1n) is 12.0. The van der Waals surface area contributed by atoms with Gasteiger partial charge in [-0.25, -0.2) is 8.78 Å².